The first-order chi connectivity index (χ1) is 7.47. The molecule has 0 aromatic heterocycles. The van der Waals surface area contributed by atoms with Crippen LogP contribution in [0.3, 0.4) is 0 Å². The van der Waals surface area contributed by atoms with E-state index in [9.17, 15) is 0 Å². The van der Waals surface area contributed by atoms with Crippen molar-refractivity contribution in [3.05, 3.63) is 60.3 Å². The molecule has 0 fully saturated rings. The highest BCUT2D eigenvalue weighted by molar-refractivity contribution is 5.33. The summed E-state index contributed by atoms with van der Waals surface area (Å²) in [6.07, 6.45) is 22.0. The first kappa shape index (κ1) is 14.7. The lowest BCUT2D eigenvalue weighted by atomic mass is 9.91. The van der Waals surface area contributed by atoms with Gasteiger partial charge in [0.15, 0.2) is 0 Å². The first-order valence-corrected chi connectivity index (χ1v) is 5.83. The summed E-state index contributed by atoms with van der Waals surface area (Å²) in [5.41, 5.74) is 1.45. The van der Waals surface area contributed by atoms with E-state index in [-0.39, 0.29) is 7.43 Å². The zero-order valence-corrected chi connectivity index (χ0v) is 9.69. The van der Waals surface area contributed by atoms with Crippen LogP contribution in [0.4, 0.5) is 0 Å². The van der Waals surface area contributed by atoms with Crippen LogP contribution in [-0.2, 0) is 0 Å². The van der Waals surface area contributed by atoms with Crippen molar-refractivity contribution in [3.63, 3.8) is 0 Å². The molecule has 88 valence electrons. The Morgan fingerprint density at radius 3 is 2.44 bits per heavy atom. The Balaban J connectivity index is 0.000000711. The van der Waals surface area contributed by atoms with Crippen molar-refractivity contribution in [2.45, 2.75) is 34.1 Å². The molecule has 0 saturated carbocycles. The molecule has 0 aliphatic heterocycles. The van der Waals surface area contributed by atoms with Gasteiger partial charge in [-0.05, 0) is 18.4 Å². The number of hydrogen-bond donors (Lipinski definition) is 0. The summed E-state index contributed by atoms with van der Waals surface area (Å²) in [5.74, 6) is 0.598. The van der Waals surface area contributed by atoms with Gasteiger partial charge in [-0.1, -0.05) is 76.0 Å². The van der Waals surface area contributed by atoms with E-state index in [1.165, 1.54) is 5.57 Å². The smallest absolute Gasteiger partial charge is 0.00526 e. The van der Waals surface area contributed by atoms with Crippen molar-refractivity contribution < 1.29 is 0 Å². The largest absolute Gasteiger partial charge is 0.0836 e. The minimum atomic E-state index is 0. The van der Waals surface area contributed by atoms with Crippen LogP contribution in [-0.4, -0.2) is 0 Å². The lowest BCUT2D eigenvalue weighted by molar-refractivity contribution is 0.783. The van der Waals surface area contributed by atoms with Crippen molar-refractivity contribution >= 4 is 0 Å². The molecule has 0 aromatic rings. The van der Waals surface area contributed by atoms with Crippen molar-refractivity contribution in [1.82, 2.24) is 0 Å². The highest BCUT2D eigenvalue weighted by Crippen LogP contribution is 2.23. The number of rotatable bonds is 1. The van der Waals surface area contributed by atoms with Crippen LogP contribution in [0.5, 0.6) is 0 Å². The fourth-order valence-corrected chi connectivity index (χ4v) is 1.70. The van der Waals surface area contributed by atoms with Crippen molar-refractivity contribution in [2.75, 3.05) is 0 Å². The Kier molecular flexibility index (Phi) is 8.24. The molecular weight excluding hydrogens is 192 g/mol. The summed E-state index contributed by atoms with van der Waals surface area (Å²) in [6, 6.07) is 0. The van der Waals surface area contributed by atoms with E-state index < -0.39 is 0 Å². The lowest BCUT2D eigenvalue weighted by Crippen LogP contribution is -1.99. The van der Waals surface area contributed by atoms with Crippen molar-refractivity contribution in [3.8, 4) is 0 Å². The Hall–Kier alpha value is -1.30. The molecule has 0 heteroatoms. The molecule has 2 aliphatic rings. The van der Waals surface area contributed by atoms with E-state index in [1.54, 1.807) is 0 Å². The minimum absolute atomic E-state index is 0. The van der Waals surface area contributed by atoms with E-state index in [0.717, 1.165) is 12.8 Å². The van der Waals surface area contributed by atoms with Gasteiger partial charge in [0.1, 0.15) is 0 Å². The molecule has 0 spiro atoms. The van der Waals surface area contributed by atoms with E-state index >= 15 is 0 Å². The third-order valence-electron chi connectivity index (χ3n) is 2.43. The quantitative estimate of drug-likeness (QED) is 0.563. The van der Waals surface area contributed by atoms with E-state index in [1.807, 2.05) is 13.8 Å². The van der Waals surface area contributed by atoms with Crippen LogP contribution < -0.4 is 0 Å². The van der Waals surface area contributed by atoms with Gasteiger partial charge in [-0.3, -0.25) is 0 Å². The zero-order chi connectivity index (χ0) is 10.9. The SMILES string of the molecule is C.C1=CCC=C([C@H]2C=CC=CC2)C=C1.CC. The molecule has 0 bridgehead atoms. The highest BCUT2D eigenvalue weighted by Gasteiger charge is 2.08. The fraction of sp³-hybridized carbons (Fsp3) is 0.375. The highest BCUT2D eigenvalue weighted by atomic mass is 14.1. The van der Waals surface area contributed by atoms with Crippen molar-refractivity contribution in [1.29, 1.82) is 0 Å². The van der Waals surface area contributed by atoms with E-state index in [2.05, 4.69) is 54.7 Å². The molecule has 0 aromatic carbocycles. The normalized spacial score (nSPS) is 21.4. The Morgan fingerprint density at radius 2 is 1.75 bits per heavy atom. The second kappa shape index (κ2) is 8.96. The predicted molar refractivity (Wildman–Crippen MR) is 75.4 cm³/mol. The van der Waals surface area contributed by atoms with Gasteiger partial charge in [0.05, 0.1) is 0 Å². The Bertz CT molecular complexity index is 311. The van der Waals surface area contributed by atoms with Crippen LogP contribution in [0.15, 0.2) is 60.3 Å². The Labute approximate surface area is 101 Å². The van der Waals surface area contributed by atoms with Crippen LogP contribution in [0.25, 0.3) is 0 Å². The molecule has 1 atom stereocenters. The average molecular weight is 216 g/mol. The maximum Gasteiger partial charge on any atom is 0.00526 e. The molecule has 0 unspecified atom stereocenters. The fourth-order valence-electron chi connectivity index (χ4n) is 1.70. The van der Waals surface area contributed by atoms with Gasteiger partial charge in [-0.15, -0.1) is 0 Å². The molecule has 0 saturated heterocycles. The van der Waals surface area contributed by atoms with Crippen molar-refractivity contribution in [2.24, 2.45) is 5.92 Å². The number of allylic oxidation sites excluding steroid dienone is 10. The van der Waals surface area contributed by atoms with Gasteiger partial charge < -0.3 is 0 Å². The molecule has 0 N–H and O–H groups in total. The topological polar surface area (TPSA) is 0 Å². The standard InChI is InChI=1S/C13H14.C2H6.CH4/c1-2-5-9-12(8-4-1)13-10-6-3-7-11-13;1-2;/h1-4,6-10,13H,5,11H2;1-2H3;1H4/t13-;;/m0../s1. The monoisotopic (exact) mass is 216 g/mol. The molecule has 16 heavy (non-hydrogen) atoms. The van der Waals surface area contributed by atoms with Gasteiger partial charge in [0.25, 0.3) is 0 Å². The molecular formula is C16H24. The zero-order valence-electron chi connectivity index (χ0n) is 9.69. The van der Waals surface area contributed by atoms with Gasteiger partial charge in [-0.25, -0.2) is 0 Å². The maximum atomic E-state index is 2.31. The molecule has 0 amide bonds. The van der Waals surface area contributed by atoms with Crippen LogP contribution in [0.2, 0.25) is 0 Å². The second-order valence-corrected chi connectivity index (χ2v) is 3.38. The summed E-state index contributed by atoms with van der Waals surface area (Å²) >= 11 is 0. The predicted octanol–water partition coefficient (Wildman–Crippen LogP) is 5.22. The second-order valence-electron chi connectivity index (χ2n) is 3.38. The molecule has 0 radical (unpaired) electrons. The van der Waals surface area contributed by atoms with Gasteiger partial charge in [0.2, 0.25) is 0 Å². The molecule has 0 heterocycles. The average Bonchev–Trinajstić information content (AvgIpc) is 2.61. The molecule has 2 aliphatic carbocycles. The molecule has 0 nitrogen and oxygen atoms in total. The third-order valence-corrected chi connectivity index (χ3v) is 2.43. The minimum Gasteiger partial charge on any atom is -0.0836 e. The summed E-state index contributed by atoms with van der Waals surface area (Å²) in [5, 5.41) is 0. The van der Waals surface area contributed by atoms with Crippen LogP contribution in [0, 0.1) is 5.92 Å². The van der Waals surface area contributed by atoms with Crippen LogP contribution in [0.1, 0.15) is 34.1 Å². The third kappa shape index (κ3) is 4.48. The van der Waals surface area contributed by atoms with Gasteiger partial charge in [-0.2, -0.15) is 0 Å². The maximum absolute atomic E-state index is 2.31. The van der Waals surface area contributed by atoms with E-state index in [0.29, 0.717) is 5.92 Å². The van der Waals surface area contributed by atoms with Gasteiger partial charge >= 0.3 is 0 Å². The summed E-state index contributed by atoms with van der Waals surface area (Å²) in [7, 11) is 0. The first-order valence-electron chi connectivity index (χ1n) is 5.83. The summed E-state index contributed by atoms with van der Waals surface area (Å²) < 4.78 is 0. The van der Waals surface area contributed by atoms with Gasteiger partial charge in [0, 0.05) is 5.92 Å². The number of hydrogen-bond acceptors (Lipinski definition) is 0. The summed E-state index contributed by atoms with van der Waals surface area (Å²) in [6.45, 7) is 4.00. The van der Waals surface area contributed by atoms with E-state index in [4.69, 9.17) is 0 Å². The lowest BCUT2D eigenvalue weighted by Gasteiger charge is -2.13. The Morgan fingerprint density at radius 1 is 1.00 bits per heavy atom. The summed E-state index contributed by atoms with van der Waals surface area (Å²) in [4.78, 5) is 0. The molecule has 2 rings (SSSR count). The van der Waals surface area contributed by atoms with Crippen LogP contribution >= 0.6 is 0 Å².